The lowest BCUT2D eigenvalue weighted by Gasteiger charge is -2.35. The summed E-state index contributed by atoms with van der Waals surface area (Å²) in [5.41, 5.74) is 2.61. The van der Waals surface area contributed by atoms with Crippen molar-refractivity contribution in [2.45, 2.75) is 27.2 Å². The van der Waals surface area contributed by atoms with E-state index in [1.54, 1.807) is 6.07 Å². The molecule has 0 aliphatic carbocycles. The Morgan fingerprint density at radius 1 is 1.14 bits per heavy atom. The Hall–Kier alpha value is -2.41. The van der Waals surface area contributed by atoms with E-state index >= 15 is 0 Å². The van der Waals surface area contributed by atoms with Crippen molar-refractivity contribution in [2.24, 2.45) is 0 Å². The maximum atomic E-state index is 13.6. The van der Waals surface area contributed by atoms with Crippen molar-refractivity contribution in [3.63, 3.8) is 0 Å². The molecule has 152 valence electrons. The van der Waals surface area contributed by atoms with Crippen LogP contribution in [0.25, 0.3) is 10.9 Å². The first kappa shape index (κ1) is 20.3. The van der Waals surface area contributed by atoms with E-state index in [4.69, 9.17) is 0 Å². The number of fused-ring (bicyclic) bond motifs is 1. The summed E-state index contributed by atoms with van der Waals surface area (Å²) in [5, 5.41) is 0.773. The smallest absolute Gasteiger partial charge is 0.236 e. The van der Waals surface area contributed by atoms with Gasteiger partial charge in [-0.2, -0.15) is 0 Å². The number of H-pyrrole nitrogens is 1. The number of halogens is 1. The van der Waals surface area contributed by atoms with Crippen LogP contribution in [0.5, 0.6) is 0 Å². The lowest BCUT2D eigenvalue weighted by atomic mass is 10.1. The van der Waals surface area contributed by atoms with E-state index in [0.29, 0.717) is 32.7 Å². The van der Waals surface area contributed by atoms with Crippen LogP contribution in [0.3, 0.4) is 0 Å². The molecule has 0 spiro atoms. The van der Waals surface area contributed by atoms with Crippen LogP contribution in [0.2, 0.25) is 0 Å². The largest absolute Gasteiger partial charge is 0.358 e. The summed E-state index contributed by atoms with van der Waals surface area (Å²) in [6.45, 7) is 10.3. The number of benzene rings is 1. The molecule has 0 radical (unpaired) electrons. The topological polar surface area (TPSA) is 59.7 Å². The number of nitrogens with zero attached hydrogens (tertiary/aromatic N) is 3. The molecule has 2 amide bonds. The Morgan fingerprint density at radius 2 is 1.82 bits per heavy atom. The lowest BCUT2D eigenvalue weighted by Crippen LogP contribution is -2.51. The maximum absolute atomic E-state index is 13.6. The van der Waals surface area contributed by atoms with Gasteiger partial charge in [-0.15, -0.1) is 0 Å². The number of hydrogen-bond acceptors (Lipinski definition) is 3. The zero-order valence-electron chi connectivity index (χ0n) is 16.9. The third kappa shape index (κ3) is 4.35. The molecule has 6 nitrogen and oxygen atoms in total. The SMILES string of the molecule is CCN(CC)C(=O)CN1CCN(C(=O)Cc2c(C)[nH]c3ccc(F)cc23)CC1. The van der Waals surface area contributed by atoms with Gasteiger partial charge >= 0.3 is 0 Å². The Bertz CT molecular complexity index is 851. The van der Waals surface area contributed by atoms with Crippen LogP contribution in [-0.2, 0) is 16.0 Å². The standard InChI is InChI=1S/C21H29FN4O2/c1-4-25(5-2)21(28)14-24-8-10-26(11-9-24)20(27)13-17-15(3)23-19-7-6-16(22)12-18(17)19/h6-7,12,23H,4-5,8-11,13-14H2,1-3H3. The number of aromatic amines is 1. The molecule has 0 bridgehead atoms. The molecular weight excluding hydrogens is 359 g/mol. The monoisotopic (exact) mass is 388 g/mol. The minimum absolute atomic E-state index is 0.0444. The van der Waals surface area contributed by atoms with Crippen molar-refractivity contribution in [3.05, 3.63) is 35.3 Å². The Balaban J connectivity index is 1.58. The number of aryl methyl sites for hydroxylation is 1. The highest BCUT2D eigenvalue weighted by atomic mass is 19.1. The number of carbonyl (C=O) groups excluding carboxylic acids is 2. The molecular formula is C21H29FN4O2. The zero-order chi connectivity index (χ0) is 20.3. The number of piperazine rings is 1. The van der Waals surface area contributed by atoms with Crippen molar-refractivity contribution in [1.29, 1.82) is 0 Å². The molecule has 28 heavy (non-hydrogen) atoms. The summed E-state index contributed by atoms with van der Waals surface area (Å²) in [6.07, 6.45) is 0.258. The predicted octanol–water partition coefficient (Wildman–Crippen LogP) is 2.17. The molecule has 7 heteroatoms. The van der Waals surface area contributed by atoms with Gasteiger partial charge in [0.05, 0.1) is 13.0 Å². The van der Waals surface area contributed by atoms with Crippen LogP contribution in [0, 0.1) is 12.7 Å². The van der Waals surface area contributed by atoms with Crippen LogP contribution < -0.4 is 0 Å². The van der Waals surface area contributed by atoms with E-state index in [0.717, 1.165) is 35.2 Å². The average molecular weight is 388 g/mol. The van der Waals surface area contributed by atoms with E-state index in [1.165, 1.54) is 12.1 Å². The number of likely N-dealkylation sites (N-methyl/N-ethyl adjacent to an activating group) is 1. The van der Waals surface area contributed by atoms with E-state index in [9.17, 15) is 14.0 Å². The van der Waals surface area contributed by atoms with E-state index < -0.39 is 0 Å². The van der Waals surface area contributed by atoms with E-state index in [1.807, 2.05) is 30.6 Å². The number of hydrogen-bond donors (Lipinski definition) is 1. The highest BCUT2D eigenvalue weighted by molar-refractivity contribution is 5.90. The maximum Gasteiger partial charge on any atom is 0.236 e. The van der Waals surface area contributed by atoms with E-state index in [2.05, 4.69) is 9.88 Å². The minimum Gasteiger partial charge on any atom is -0.358 e. The molecule has 1 aromatic carbocycles. The molecule has 1 fully saturated rings. The molecule has 1 aliphatic rings. The van der Waals surface area contributed by atoms with Crippen molar-refractivity contribution < 1.29 is 14.0 Å². The van der Waals surface area contributed by atoms with Crippen molar-refractivity contribution in [1.82, 2.24) is 19.7 Å². The number of rotatable bonds is 6. The molecule has 0 unspecified atom stereocenters. The third-order valence-corrected chi connectivity index (χ3v) is 5.61. The molecule has 0 saturated carbocycles. The van der Waals surface area contributed by atoms with Crippen LogP contribution in [0.1, 0.15) is 25.1 Å². The summed E-state index contributed by atoms with van der Waals surface area (Å²) in [6, 6.07) is 4.61. The number of aromatic nitrogens is 1. The second-order valence-corrected chi connectivity index (χ2v) is 7.32. The van der Waals surface area contributed by atoms with Crippen molar-refractivity contribution in [2.75, 3.05) is 45.8 Å². The van der Waals surface area contributed by atoms with Crippen molar-refractivity contribution in [3.8, 4) is 0 Å². The number of carbonyl (C=O) groups is 2. The average Bonchev–Trinajstić information content (AvgIpc) is 2.98. The first-order valence-electron chi connectivity index (χ1n) is 9.97. The fraction of sp³-hybridized carbons (Fsp3) is 0.524. The summed E-state index contributed by atoms with van der Waals surface area (Å²) in [4.78, 5) is 34.1. The predicted molar refractivity (Wildman–Crippen MR) is 108 cm³/mol. The molecule has 1 aromatic heterocycles. The van der Waals surface area contributed by atoms with E-state index in [-0.39, 0.29) is 24.1 Å². The summed E-state index contributed by atoms with van der Waals surface area (Å²) in [7, 11) is 0. The van der Waals surface area contributed by atoms with Crippen LogP contribution in [-0.4, -0.2) is 77.3 Å². The second kappa shape index (κ2) is 8.73. The van der Waals surface area contributed by atoms with Gasteiger partial charge in [0, 0.05) is 55.9 Å². The Morgan fingerprint density at radius 3 is 2.46 bits per heavy atom. The summed E-state index contributed by atoms with van der Waals surface area (Å²) < 4.78 is 13.6. The molecule has 1 saturated heterocycles. The first-order chi connectivity index (χ1) is 13.4. The fourth-order valence-corrected chi connectivity index (χ4v) is 3.87. The van der Waals surface area contributed by atoms with Gasteiger partial charge < -0.3 is 14.8 Å². The fourth-order valence-electron chi connectivity index (χ4n) is 3.87. The van der Waals surface area contributed by atoms with Gasteiger partial charge in [0.1, 0.15) is 5.82 Å². The van der Waals surface area contributed by atoms with Gasteiger partial charge in [0.15, 0.2) is 0 Å². The molecule has 3 rings (SSSR count). The zero-order valence-corrected chi connectivity index (χ0v) is 16.9. The summed E-state index contributed by atoms with van der Waals surface area (Å²) in [5.74, 6) is -0.115. The Kier molecular flexibility index (Phi) is 6.34. The van der Waals surface area contributed by atoms with Gasteiger partial charge in [-0.3, -0.25) is 14.5 Å². The molecule has 2 aromatic rings. The second-order valence-electron chi connectivity index (χ2n) is 7.32. The minimum atomic E-state index is -0.299. The van der Waals surface area contributed by atoms with Gasteiger partial charge in [-0.1, -0.05) is 0 Å². The molecule has 0 atom stereocenters. The van der Waals surface area contributed by atoms with Gasteiger partial charge in [-0.25, -0.2) is 4.39 Å². The number of amides is 2. The van der Waals surface area contributed by atoms with Crippen LogP contribution in [0.15, 0.2) is 18.2 Å². The molecule has 1 aliphatic heterocycles. The highest BCUT2D eigenvalue weighted by Crippen LogP contribution is 2.24. The normalized spacial score (nSPS) is 15.2. The number of nitrogens with one attached hydrogen (secondary N) is 1. The third-order valence-electron chi connectivity index (χ3n) is 5.61. The molecule has 2 heterocycles. The van der Waals surface area contributed by atoms with Gasteiger partial charge in [0.25, 0.3) is 0 Å². The van der Waals surface area contributed by atoms with Crippen LogP contribution in [0.4, 0.5) is 4.39 Å². The molecule has 1 N–H and O–H groups in total. The Labute approximate surface area is 165 Å². The first-order valence-corrected chi connectivity index (χ1v) is 9.97. The van der Waals surface area contributed by atoms with Crippen molar-refractivity contribution >= 4 is 22.7 Å². The van der Waals surface area contributed by atoms with Gasteiger partial charge in [0.2, 0.25) is 11.8 Å². The van der Waals surface area contributed by atoms with Gasteiger partial charge in [-0.05, 0) is 44.5 Å². The summed E-state index contributed by atoms with van der Waals surface area (Å²) >= 11 is 0. The highest BCUT2D eigenvalue weighted by Gasteiger charge is 2.24. The lowest BCUT2D eigenvalue weighted by molar-refractivity contribution is -0.134. The van der Waals surface area contributed by atoms with Crippen LogP contribution >= 0.6 is 0 Å². The quantitative estimate of drug-likeness (QED) is 0.825.